The average Bonchev–Trinajstić information content (AvgIpc) is 2.34. The van der Waals surface area contributed by atoms with E-state index in [1.807, 2.05) is 0 Å². The van der Waals surface area contributed by atoms with E-state index >= 15 is 0 Å². The van der Waals surface area contributed by atoms with Gasteiger partial charge in [0.25, 0.3) is 5.91 Å². The molecular weight excluding hydrogens is 238 g/mol. The second-order valence-electron chi connectivity index (χ2n) is 3.56. The predicted octanol–water partition coefficient (Wildman–Crippen LogP) is -0.225. The first kappa shape index (κ1) is 13.6. The topological polar surface area (TPSA) is 122 Å². The summed E-state index contributed by atoms with van der Waals surface area (Å²) in [5, 5.41) is 11.3. The fourth-order valence-electron chi connectivity index (χ4n) is 1.26. The summed E-state index contributed by atoms with van der Waals surface area (Å²) in [6, 6.07) is 2.60. The highest BCUT2D eigenvalue weighted by molar-refractivity contribution is 5.96. The van der Waals surface area contributed by atoms with Gasteiger partial charge in [-0.3, -0.25) is 9.59 Å². The molecule has 7 heteroatoms. The second kappa shape index (κ2) is 6.33. The first-order chi connectivity index (χ1) is 8.50. The molecule has 1 aromatic heterocycles. The van der Waals surface area contributed by atoms with Crippen LogP contribution in [0, 0.1) is 0 Å². The Morgan fingerprint density at radius 1 is 1.39 bits per heavy atom. The average molecular weight is 251 g/mol. The molecule has 0 saturated carbocycles. The minimum atomic E-state index is -1.20. The lowest BCUT2D eigenvalue weighted by Gasteiger charge is -2.04. The first-order valence-electron chi connectivity index (χ1n) is 5.26. The molecule has 1 aromatic rings. The SMILES string of the molecule is NC(=O)CCCNC(=O)c1ccnc(C(=O)O)c1. The summed E-state index contributed by atoms with van der Waals surface area (Å²) in [5.74, 6) is -2.04. The van der Waals surface area contributed by atoms with E-state index in [0.29, 0.717) is 13.0 Å². The standard InChI is InChI=1S/C11H13N3O4/c12-9(15)2-1-4-14-10(16)7-3-5-13-8(6-7)11(17)18/h3,5-6H,1-2,4H2,(H2,12,15)(H,14,16)(H,17,18). The smallest absolute Gasteiger partial charge is 0.354 e. The number of rotatable bonds is 6. The van der Waals surface area contributed by atoms with Crippen LogP contribution < -0.4 is 11.1 Å². The highest BCUT2D eigenvalue weighted by atomic mass is 16.4. The van der Waals surface area contributed by atoms with Gasteiger partial charge >= 0.3 is 5.97 Å². The van der Waals surface area contributed by atoms with Crippen LogP contribution in [0.25, 0.3) is 0 Å². The summed E-state index contributed by atoms with van der Waals surface area (Å²) in [7, 11) is 0. The minimum absolute atomic E-state index is 0.191. The Morgan fingerprint density at radius 2 is 2.11 bits per heavy atom. The zero-order chi connectivity index (χ0) is 13.5. The van der Waals surface area contributed by atoms with Crippen LogP contribution in [0.1, 0.15) is 33.7 Å². The van der Waals surface area contributed by atoms with Crippen molar-refractivity contribution in [2.45, 2.75) is 12.8 Å². The van der Waals surface area contributed by atoms with Crippen molar-refractivity contribution >= 4 is 17.8 Å². The monoisotopic (exact) mass is 251 g/mol. The number of primary amides is 1. The first-order valence-corrected chi connectivity index (χ1v) is 5.26. The molecule has 0 unspecified atom stereocenters. The zero-order valence-electron chi connectivity index (χ0n) is 9.55. The van der Waals surface area contributed by atoms with Gasteiger partial charge in [0.2, 0.25) is 5.91 Å². The third kappa shape index (κ3) is 4.20. The summed E-state index contributed by atoms with van der Waals surface area (Å²) < 4.78 is 0. The number of pyridine rings is 1. The number of carboxylic acids is 1. The van der Waals surface area contributed by atoms with E-state index < -0.39 is 17.8 Å². The summed E-state index contributed by atoms with van der Waals surface area (Å²) >= 11 is 0. The largest absolute Gasteiger partial charge is 0.477 e. The molecule has 2 amide bonds. The Balaban J connectivity index is 2.53. The van der Waals surface area contributed by atoms with Crippen molar-refractivity contribution in [3.63, 3.8) is 0 Å². The van der Waals surface area contributed by atoms with Crippen molar-refractivity contribution in [2.24, 2.45) is 5.73 Å². The summed E-state index contributed by atoms with van der Waals surface area (Å²) in [4.78, 5) is 36.4. The maximum atomic E-state index is 11.6. The van der Waals surface area contributed by atoms with Crippen LogP contribution in [0.3, 0.4) is 0 Å². The molecule has 0 fully saturated rings. The van der Waals surface area contributed by atoms with Crippen molar-refractivity contribution in [2.75, 3.05) is 6.54 Å². The number of aromatic carboxylic acids is 1. The van der Waals surface area contributed by atoms with Gasteiger partial charge in [0.15, 0.2) is 0 Å². The van der Waals surface area contributed by atoms with Crippen LogP contribution in [-0.4, -0.2) is 34.4 Å². The van der Waals surface area contributed by atoms with Gasteiger partial charge in [0, 0.05) is 24.7 Å². The number of nitrogens with two attached hydrogens (primary N) is 1. The van der Waals surface area contributed by atoms with E-state index in [1.54, 1.807) is 0 Å². The fourth-order valence-corrected chi connectivity index (χ4v) is 1.26. The number of amides is 2. The van der Waals surface area contributed by atoms with Gasteiger partial charge in [-0.2, -0.15) is 0 Å². The number of carbonyl (C=O) groups is 3. The van der Waals surface area contributed by atoms with Gasteiger partial charge in [-0.1, -0.05) is 0 Å². The lowest BCUT2D eigenvalue weighted by atomic mass is 10.2. The Bertz CT molecular complexity index is 473. The van der Waals surface area contributed by atoms with Gasteiger partial charge in [0.1, 0.15) is 5.69 Å². The Labute approximate surface area is 103 Å². The lowest BCUT2D eigenvalue weighted by Crippen LogP contribution is -2.25. The number of carbonyl (C=O) groups excluding carboxylic acids is 2. The number of carboxylic acid groups (broad SMARTS) is 1. The maximum Gasteiger partial charge on any atom is 0.354 e. The molecule has 0 spiro atoms. The molecule has 4 N–H and O–H groups in total. The summed E-state index contributed by atoms with van der Waals surface area (Å²) in [6.45, 7) is 0.298. The molecule has 0 aliphatic rings. The van der Waals surface area contributed by atoms with E-state index in [9.17, 15) is 14.4 Å². The summed E-state index contributed by atoms with van der Waals surface area (Å²) in [6.07, 6.45) is 1.89. The van der Waals surface area contributed by atoms with Gasteiger partial charge in [0.05, 0.1) is 0 Å². The van der Waals surface area contributed by atoms with Crippen LogP contribution in [0.4, 0.5) is 0 Å². The van der Waals surface area contributed by atoms with E-state index in [-0.39, 0.29) is 17.7 Å². The number of hydrogen-bond donors (Lipinski definition) is 3. The molecule has 18 heavy (non-hydrogen) atoms. The fraction of sp³-hybridized carbons (Fsp3) is 0.273. The van der Waals surface area contributed by atoms with Gasteiger partial charge in [-0.15, -0.1) is 0 Å². The van der Waals surface area contributed by atoms with Gasteiger partial charge in [-0.05, 0) is 18.6 Å². The molecule has 0 radical (unpaired) electrons. The molecule has 0 bridgehead atoms. The summed E-state index contributed by atoms with van der Waals surface area (Å²) in [5.41, 5.74) is 4.96. The van der Waals surface area contributed by atoms with E-state index in [4.69, 9.17) is 10.8 Å². The van der Waals surface area contributed by atoms with Crippen LogP contribution in [0.15, 0.2) is 18.3 Å². The molecule has 0 aliphatic carbocycles. The zero-order valence-corrected chi connectivity index (χ0v) is 9.55. The van der Waals surface area contributed by atoms with Crippen molar-refractivity contribution in [1.29, 1.82) is 0 Å². The van der Waals surface area contributed by atoms with E-state index in [1.165, 1.54) is 18.3 Å². The molecule has 0 atom stereocenters. The number of nitrogens with one attached hydrogen (secondary N) is 1. The number of nitrogens with zero attached hydrogens (tertiary/aromatic N) is 1. The van der Waals surface area contributed by atoms with Crippen molar-refractivity contribution < 1.29 is 19.5 Å². The molecule has 7 nitrogen and oxygen atoms in total. The second-order valence-corrected chi connectivity index (χ2v) is 3.56. The number of aromatic nitrogens is 1. The molecule has 1 heterocycles. The third-order valence-electron chi connectivity index (χ3n) is 2.13. The Morgan fingerprint density at radius 3 is 2.72 bits per heavy atom. The third-order valence-corrected chi connectivity index (χ3v) is 2.13. The number of hydrogen-bond acceptors (Lipinski definition) is 4. The molecule has 0 aromatic carbocycles. The van der Waals surface area contributed by atoms with Crippen molar-refractivity contribution in [3.05, 3.63) is 29.6 Å². The highest BCUT2D eigenvalue weighted by Gasteiger charge is 2.10. The van der Waals surface area contributed by atoms with Gasteiger partial charge < -0.3 is 16.2 Å². The van der Waals surface area contributed by atoms with Crippen LogP contribution in [0.2, 0.25) is 0 Å². The van der Waals surface area contributed by atoms with Gasteiger partial charge in [-0.25, -0.2) is 9.78 Å². The quantitative estimate of drug-likeness (QED) is 0.603. The highest BCUT2D eigenvalue weighted by Crippen LogP contribution is 2.02. The molecular formula is C11H13N3O4. The maximum absolute atomic E-state index is 11.6. The molecule has 1 rings (SSSR count). The van der Waals surface area contributed by atoms with Crippen LogP contribution in [-0.2, 0) is 4.79 Å². The molecule has 0 saturated heterocycles. The lowest BCUT2D eigenvalue weighted by molar-refractivity contribution is -0.118. The van der Waals surface area contributed by atoms with E-state index in [0.717, 1.165) is 0 Å². The molecule has 0 aliphatic heterocycles. The predicted molar refractivity (Wildman–Crippen MR) is 62.0 cm³/mol. The van der Waals surface area contributed by atoms with Crippen molar-refractivity contribution in [3.8, 4) is 0 Å². The van der Waals surface area contributed by atoms with Crippen LogP contribution in [0.5, 0.6) is 0 Å². The molecule has 96 valence electrons. The van der Waals surface area contributed by atoms with Crippen LogP contribution >= 0.6 is 0 Å². The van der Waals surface area contributed by atoms with E-state index in [2.05, 4.69) is 10.3 Å². The normalized spacial score (nSPS) is 9.78. The minimum Gasteiger partial charge on any atom is -0.477 e. The Hall–Kier alpha value is -2.44. The van der Waals surface area contributed by atoms with Crippen molar-refractivity contribution in [1.82, 2.24) is 10.3 Å². The Kier molecular flexibility index (Phi) is 4.79.